The molecule has 1 saturated heterocycles. The number of ketones is 1. The van der Waals surface area contributed by atoms with E-state index in [1.54, 1.807) is 35.8 Å². The summed E-state index contributed by atoms with van der Waals surface area (Å²) in [7, 11) is 0. The number of hydrogen-bond acceptors (Lipinski definition) is 7. The summed E-state index contributed by atoms with van der Waals surface area (Å²) in [5, 5.41) is 15.1. The van der Waals surface area contributed by atoms with Crippen molar-refractivity contribution in [3.63, 3.8) is 0 Å². The van der Waals surface area contributed by atoms with Crippen LogP contribution in [0.15, 0.2) is 58.9 Å². The van der Waals surface area contributed by atoms with Crippen LogP contribution >= 0.6 is 22.7 Å². The van der Waals surface area contributed by atoms with E-state index in [4.69, 9.17) is 4.74 Å². The van der Waals surface area contributed by atoms with Crippen molar-refractivity contribution in [3.8, 4) is 5.75 Å². The van der Waals surface area contributed by atoms with Gasteiger partial charge in [0, 0.05) is 22.0 Å². The lowest BCUT2D eigenvalue weighted by molar-refractivity contribution is -0.132. The van der Waals surface area contributed by atoms with Gasteiger partial charge in [0.25, 0.3) is 5.78 Å². The van der Waals surface area contributed by atoms with Crippen molar-refractivity contribution >= 4 is 45.3 Å². The largest absolute Gasteiger partial charge is 0.507 e. The van der Waals surface area contributed by atoms with Gasteiger partial charge in [-0.15, -0.1) is 22.7 Å². The maximum Gasteiger partial charge on any atom is 0.301 e. The Morgan fingerprint density at radius 1 is 1.21 bits per heavy atom. The van der Waals surface area contributed by atoms with E-state index >= 15 is 0 Å². The number of anilines is 1. The number of nitrogens with zero attached hydrogens (tertiary/aromatic N) is 2. The van der Waals surface area contributed by atoms with Gasteiger partial charge in [-0.1, -0.05) is 25.1 Å². The van der Waals surface area contributed by atoms with Gasteiger partial charge in [-0.25, -0.2) is 4.98 Å². The molecule has 8 heteroatoms. The first kappa shape index (κ1) is 19.4. The number of rotatable bonds is 6. The van der Waals surface area contributed by atoms with Crippen molar-refractivity contribution < 1.29 is 19.4 Å². The number of hydrogen-bond donors (Lipinski definition) is 1. The number of carbonyl (C=O) groups excluding carboxylic acids is 2. The zero-order valence-corrected chi connectivity index (χ0v) is 17.2. The summed E-state index contributed by atoms with van der Waals surface area (Å²) >= 11 is 2.69. The maximum atomic E-state index is 12.9. The first-order valence-electron chi connectivity index (χ1n) is 9.09. The minimum atomic E-state index is -0.726. The Bertz CT molecular complexity index is 1060. The van der Waals surface area contributed by atoms with Crippen LogP contribution in [0, 0.1) is 0 Å². The van der Waals surface area contributed by atoms with Crippen molar-refractivity contribution in [3.05, 3.63) is 69.4 Å². The van der Waals surface area contributed by atoms with Gasteiger partial charge in [-0.05, 0) is 30.0 Å². The first-order valence-corrected chi connectivity index (χ1v) is 10.8. The average Bonchev–Trinajstić information content (AvgIpc) is 3.48. The molecule has 1 fully saturated rings. The monoisotopic (exact) mass is 426 g/mol. The molecule has 1 atom stereocenters. The number of aliphatic hydroxyl groups excluding tert-OH is 1. The third kappa shape index (κ3) is 3.56. The second-order valence-corrected chi connectivity index (χ2v) is 8.23. The molecule has 0 saturated carbocycles. The van der Waals surface area contributed by atoms with Gasteiger partial charge < -0.3 is 9.84 Å². The SMILES string of the molecule is CCCOc1cccc(/C(O)=C2\C(=O)C(=O)N(c3nccs3)C2c2cccs2)c1. The van der Waals surface area contributed by atoms with Crippen molar-refractivity contribution in [2.24, 2.45) is 0 Å². The van der Waals surface area contributed by atoms with Crippen molar-refractivity contribution in [2.75, 3.05) is 11.5 Å². The highest BCUT2D eigenvalue weighted by Gasteiger charge is 2.48. The first-order chi connectivity index (χ1) is 14.1. The van der Waals surface area contributed by atoms with E-state index in [-0.39, 0.29) is 11.3 Å². The minimum absolute atomic E-state index is 0.0558. The predicted octanol–water partition coefficient (Wildman–Crippen LogP) is 4.62. The van der Waals surface area contributed by atoms with Gasteiger partial charge in [0.05, 0.1) is 12.2 Å². The Hall–Kier alpha value is -2.97. The van der Waals surface area contributed by atoms with E-state index in [9.17, 15) is 14.7 Å². The molecule has 0 bridgehead atoms. The van der Waals surface area contributed by atoms with Crippen LogP contribution in [0.25, 0.3) is 5.76 Å². The van der Waals surface area contributed by atoms with E-state index in [1.807, 2.05) is 24.4 Å². The molecule has 6 nitrogen and oxygen atoms in total. The maximum absolute atomic E-state index is 12.9. The fourth-order valence-corrected chi connectivity index (χ4v) is 4.68. The second-order valence-electron chi connectivity index (χ2n) is 6.38. The van der Waals surface area contributed by atoms with Crippen LogP contribution < -0.4 is 9.64 Å². The Morgan fingerprint density at radius 3 is 2.76 bits per heavy atom. The van der Waals surface area contributed by atoms with Gasteiger partial charge in [-0.3, -0.25) is 14.5 Å². The Labute approximate surface area is 175 Å². The van der Waals surface area contributed by atoms with Gasteiger partial charge >= 0.3 is 5.91 Å². The van der Waals surface area contributed by atoms with Crippen molar-refractivity contribution in [2.45, 2.75) is 19.4 Å². The van der Waals surface area contributed by atoms with Crippen molar-refractivity contribution in [1.82, 2.24) is 4.98 Å². The summed E-state index contributed by atoms with van der Waals surface area (Å²) in [5.41, 5.74) is 0.484. The number of aliphatic hydroxyl groups is 1. The van der Waals surface area contributed by atoms with E-state index in [2.05, 4.69) is 4.98 Å². The molecule has 1 amide bonds. The molecule has 1 unspecified atom stereocenters. The lowest BCUT2D eigenvalue weighted by Crippen LogP contribution is -2.28. The number of carbonyl (C=O) groups is 2. The molecule has 3 aromatic rings. The average molecular weight is 427 g/mol. The number of ether oxygens (including phenoxy) is 1. The molecule has 1 aromatic carbocycles. The zero-order chi connectivity index (χ0) is 20.4. The van der Waals surface area contributed by atoms with Gasteiger partial charge in [-0.2, -0.15) is 0 Å². The summed E-state index contributed by atoms with van der Waals surface area (Å²) < 4.78 is 5.63. The normalized spacial score (nSPS) is 18.4. The van der Waals surface area contributed by atoms with E-state index in [0.717, 1.165) is 11.3 Å². The van der Waals surface area contributed by atoms with Crippen LogP contribution in [0.3, 0.4) is 0 Å². The van der Waals surface area contributed by atoms with E-state index < -0.39 is 17.7 Å². The minimum Gasteiger partial charge on any atom is -0.507 e. The topological polar surface area (TPSA) is 79.7 Å². The molecule has 0 spiro atoms. The Kier molecular flexibility index (Phi) is 5.46. The number of thiazole rings is 1. The van der Waals surface area contributed by atoms with Crippen LogP contribution in [-0.4, -0.2) is 28.4 Å². The smallest absolute Gasteiger partial charge is 0.301 e. The van der Waals surface area contributed by atoms with E-state index in [0.29, 0.717) is 23.1 Å². The zero-order valence-electron chi connectivity index (χ0n) is 15.6. The van der Waals surface area contributed by atoms with Crippen molar-refractivity contribution in [1.29, 1.82) is 0 Å². The number of aromatic nitrogens is 1. The second kappa shape index (κ2) is 8.18. The third-order valence-electron chi connectivity index (χ3n) is 4.46. The van der Waals surface area contributed by atoms with Gasteiger partial charge in [0.15, 0.2) is 5.13 Å². The molecule has 4 rings (SSSR count). The molecule has 0 radical (unpaired) electrons. The Morgan fingerprint density at radius 2 is 2.07 bits per heavy atom. The molecule has 148 valence electrons. The summed E-state index contributed by atoms with van der Waals surface area (Å²) in [6, 6.07) is 9.87. The lowest BCUT2D eigenvalue weighted by atomic mass is 10.00. The van der Waals surface area contributed by atoms with Crippen LogP contribution in [-0.2, 0) is 9.59 Å². The molecule has 29 heavy (non-hydrogen) atoms. The molecule has 1 N–H and O–H groups in total. The Balaban J connectivity index is 1.84. The van der Waals surface area contributed by atoms with Crippen LogP contribution in [0.1, 0.15) is 29.8 Å². The molecular formula is C21H18N2O4S2. The lowest BCUT2D eigenvalue weighted by Gasteiger charge is -2.21. The molecule has 1 aliphatic heterocycles. The summed E-state index contributed by atoms with van der Waals surface area (Å²) in [5.74, 6) is -1.05. The molecule has 3 heterocycles. The molecular weight excluding hydrogens is 408 g/mol. The molecule has 2 aromatic heterocycles. The van der Waals surface area contributed by atoms with Crippen LogP contribution in [0.4, 0.5) is 5.13 Å². The highest BCUT2D eigenvalue weighted by atomic mass is 32.1. The summed E-state index contributed by atoms with van der Waals surface area (Å²) in [6.45, 7) is 2.55. The highest BCUT2D eigenvalue weighted by molar-refractivity contribution is 7.14. The van der Waals surface area contributed by atoms with Gasteiger partial charge in [0.2, 0.25) is 0 Å². The highest BCUT2D eigenvalue weighted by Crippen LogP contribution is 2.44. The number of Topliss-reactive ketones (excluding diaryl/α,β-unsaturated/α-hetero) is 1. The molecule has 0 aliphatic carbocycles. The standard InChI is InChI=1S/C21H18N2O4S2/c1-2-9-27-14-6-3-5-13(12-14)18(24)16-17(15-7-4-10-28-15)23(20(26)19(16)25)21-22-8-11-29-21/h3-8,10-12,17,24H,2,9H2,1H3/b18-16+. The van der Waals surface area contributed by atoms with Crippen LogP contribution in [0.2, 0.25) is 0 Å². The van der Waals surface area contributed by atoms with E-state index in [1.165, 1.54) is 27.6 Å². The number of thiophene rings is 1. The fourth-order valence-electron chi connectivity index (χ4n) is 3.19. The quantitative estimate of drug-likeness (QED) is 0.353. The third-order valence-corrected chi connectivity index (χ3v) is 6.16. The predicted molar refractivity (Wildman–Crippen MR) is 113 cm³/mol. The van der Waals surface area contributed by atoms with Crippen LogP contribution in [0.5, 0.6) is 5.75 Å². The number of amides is 1. The fraction of sp³-hybridized carbons (Fsp3) is 0.190. The summed E-state index contributed by atoms with van der Waals surface area (Å²) in [4.78, 5) is 32.1. The molecule has 1 aliphatic rings. The number of benzene rings is 1. The summed E-state index contributed by atoms with van der Waals surface area (Å²) in [6.07, 6.45) is 2.44. The van der Waals surface area contributed by atoms with Gasteiger partial charge in [0.1, 0.15) is 17.6 Å².